The summed E-state index contributed by atoms with van der Waals surface area (Å²) in [5.41, 5.74) is 1.92. The van der Waals surface area contributed by atoms with Gasteiger partial charge in [0.25, 0.3) is 0 Å². The maximum absolute atomic E-state index is 13.1. The van der Waals surface area contributed by atoms with Gasteiger partial charge in [-0.1, -0.05) is 41.4 Å². The molecule has 2 amide bonds. The zero-order valence-electron chi connectivity index (χ0n) is 16.7. The summed E-state index contributed by atoms with van der Waals surface area (Å²) in [5, 5.41) is 4.09. The molecule has 0 bridgehead atoms. The molecule has 2 aromatic carbocycles. The lowest BCUT2D eigenvalue weighted by Crippen LogP contribution is -2.42. The number of rotatable bonds is 7. The van der Waals surface area contributed by atoms with Crippen LogP contribution in [0.15, 0.2) is 76.2 Å². The Morgan fingerprint density at radius 2 is 1.61 bits per heavy atom. The lowest BCUT2D eigenvalue weighted by atomic mass is 10.1. The monoisotopic (exact) mass is 460 g/mol. The first-order valence-corrected chi connectivity index (χ1v) is 11.3. The van der Waals surface area contributed by atoms with Gasteiger partial charge in [-0.15, -0.1) is 0 Å². The molecule has 0 saturated heterocycles. The highest BCUT2D eigenvalue weighted by atomic mass is 35.5. The number of aryl methyl sites for hydroxylation is 1. The van der Waals surface area contributed by atoms with E-state index in [2.05, 4.69) is 10.6 Å². The van der Waals surface area contributed by atoms with Gasteiger partial charge in [-0.3, -0.25) is 9.59 Å². The van der Waals surface area contributed by atoms with Crippen LogP contribution in [-0.4, -0.2) is 26.8 Å². The third-order valence-electron chi connectivity index (χ3n) is 4.61. The van der Waals surface area contributed by atoms with Crippen LogP contribution in [0.5, 0.6) is 0 Å². The molecule has 0 spiro atoms. The van der Waals surface area contributed by atoms with Crippen LogP contribution in [0.4, 0.5) is 0 Å². The molecule has 9 heteroatoms. The van der Waals surface area contributed by atoms with Crippen molar-refractivity contribution in [2.75, 3.05) is 6.54 Å². The topological polar surface area (TPSA) is 105 Å². The highest BCUT2D eigenvalue weighted by molar-refractivity contribution is 7.91. The lowest BCUT2D eigenvalue weighted by Gasteiger charge is -2.16. The van der Waals surface area contributed by atoms with Gasteiger partial charge in [0, 0.05) is 18.1 Å². The molecule has 3 rings (SSSR count). The highest BCUT2D eigenvalue weighted by Gasteiger charge is 2.32. The number of amides is 2. The van der Waals surface area contributed by atoms with E-state index in [-0.39, 0.29) is 23.7 Å². The van der Waals surface area contributed by atoms with Gasteiger partial charge >= 0.3 is 11.8 Å². The average Bonchev–Trinajstić information content (AvgIpc) is 3.27. The smallest absolute Gasteiger partial charge is 0.309 e. The zero-order valence-corrected chi connectivity index (χ0v) is 18.2. The Kier molecular flexibility index (Phi) is 7.14. The first-order valence-electron chi connectivity index (χ1n) is 9.42. The number of benzene rings is 2. The summed E-state index contributed by atoms with van der Waals surface area (Å²) >= 11 is 5.85. The van der Waals surface area contributed by atoms with Crippen LogP contribution in [0.1, 0.15) is 22.1 Å². The van der Waals surface area contributed by atoms with E-state index in [1.807, 2.05) is 31.2 Å². The Hall–Kier alpha value is -3.10. The Morgan fingerprint density at radius 3 is 2.23 bits per heavy atom. The number of carbonyl (C=O) groups is 2. The minimum absolute atomic E-state index is 0.0244. The molecule has 0 saturated carbocycles. The molecule has 3 aromatic rings. The number of sulfone groups is 1. The first-order chi connectivity index (χ1) is 14.8. The molecular formula is C22H21ClN2O5S. The van der Waals surface area contributed by atoms with Crippen LogP contribution < -0.4 is 10.6 Å². The van der Waals surface area contributed by atoms with Crippen molar-refractivity contribution in [3.63, 3.8) is 0 Å². The summed E-state index contributed by atoms with van der Waals surface area (Å²) in [7, 11) is -3.92. The van der Waals surface area contributed by atoms with E-state index in [1.165, 1.54) is 36.6 Å². The van der Waals surface area contributed by atoms with Gasteiger partial charge < -0.3 is 15.1 Å². The molecule has 1 atom stereocenters. The predicted molar refractivity (Wildman–Crippen MR) is 116 cm³/mol. The summed E-state index contributed by atoms with van der Waals surface area (Å²) in [4.78, 5) is 24.4. The van der Waals surface area contributed by atoms with Crippen molar-refractivity contribution >= 4 is 33.3 Å². The van der Waals surface area contributed by atoms with Crippen molar-refractivity contribution in [2.45, 2.75) is 23.6 Å². The summed E-state index contributed by atoms with van der Waals surface area (Å²) in [6.07, 6.45) is 1.34. The molecule has 2 N–H and O–H groups in total. The van der Waals surface area contributed by atoms with Gasteiger partial charge in [-0.05, 0) is 48.9 Å². The van der Waals surface area contributed by atoms with Crippen LogP contribution in [0, 0.1) is 6.92 Å². The molecule has 0 radical (unpaired) electrons. The quantitative estimate of drug-likeness (QED) is 0.527. The zero-order chi connectivity index (χ0) is 22.4. The molecule has 0 aliphatic rings. The number of hydrogen-bond acceptors (Lipinski definition) is 5. The molecule has 31 heavy (non-hydrogen) atoms. The number of hydrogen-bond donors (Lipinski definition) is 2. The minimum atomic E-state index is -3.92. The number of nitrogens with one attached hydrogen (secondary N) is 2. The largest absolute Gasteiger partial charge is 0.468 e. The second-order valence-corrected chi connectivity index (χ2v) is 9.45. The van der Waals surface area contributed by atoms with E-state index in [1.54, 1.807) is 6.07 Å². The van der Waals surface area contributed by atoms with Gasteiger partial charge in [0.2, 0.25) is 0 Å². The van der Waals surface area contributed by atoms with Crippen molar-refractivity contribution in [3.8, 4) is 0 Å². The van der Waals surface area contributed by atoms with E-state index in [0.717, 1.165) is 11.1 Å². The first kappa shape index (κ1) is 22.6. The molecule has 0 unspecified atom stereocenters. The number of halogens is 1. The van der Waals surface area contributed by atoms with Gasteiger partial charge in [-0.2, -0.15) is 0 Å². The van der Waals surface area contributed by atoms with Crippen molar-refractivity contribution in [2.24, 2.45) is 0 Å². The lowest BCUT2D eigenvalue weighted by molar-refractivity contribution is -0.139. The van der Waals surface area contributed by atoms with E-state index >= 15 is 0 Å². The van der Waals surface area contributed by atoms with Crippen LogP contribution >= 0.6 is 11.6 Å². The molecule has 1 heterocycles. The predicted octanol–water partition coefficient (Wildman–Crippen LogP) is 3.19. The maximum Gasteiger partial charge on any atom is 0.309 e. The molecular weight excluding hydrogens is 440 g/mol. The second kappa shape index (κ2) is 9.80. The van der Waals surface area contributed by atoms with E-state index in [0.29, 0.717) is 5.02 Å². The number of furan rings is 1. The maximum atomic E-state index is 13.1. The van der Waals surface area contributed by atoms with Crippen LogP contribution in [0.25, 0.3) is 0 Å². The van der Waals surface area contributed by atoms with Gasteiger partial charge in [-0.25, -0.2) is 8.42 Å². The molecule has 0 fully saturated rings. The van der Waals surface area contributed by atoms with Crippen LogP contribution in [-0.2, 0) is 26.0 Å². The molecule has 1 aromatic heterocycles. The van der Waals surface area contributed by atoms with Crippen molar-refractivity contribution in [3.05, 3.63) is 88.8 Å². The second-order valence-electron chi connectivity index (χ2n) is 6.88. The van der Waals surface area contributed by atoms with Crippen LogP contribution in [0.3, 0.4) is 0 Å². The Morgan fingerprint density at radius 1 is 0.968 bits per heavy atom. The van der Waals surface area contributed by atoms with E-state index in [9.17, 15) is 18.0 Å². The fraction of sp³-hybridized carbons (Fsp3) is 0.182. The summed E-state index contributed by atoms with van der Waals surface area (Å²) in [6, 6.07) is 16.2. The van der Waals surface area contributed by atoms with E-state index < -0.39 is 26.9 Å². The molecule has 162 valence electrons. The normalized spacial score (nSPS) is 12.2. The molecule has 0 aliphatic heterocycles. The van der Waals surface area contributed by atoms with Gasteiger partial charge in [0.1, 0.15) is 11.0 Å². The summed E-state index contributed by atoms with van der Waals surface area (Å²) in [5.74, 6) is -1.65. The highest BCUT2D eigenvalue weighted by Crippen LogP contribution is 2.29. The third kappa shape index (κ3) is 5.74. The van der Waals surface area contributed by atoms with Crippen molar-refractivity contribution < 1.29 is 22.4 Å². The Balaban J connectivity index is 1.68. The molecule has 0 aliphatic carbocycles. The molecule has 7 nitrogen and oxygen atoms in total. The van der Waals surface area contributed by atoms with Crippen molar-refractivity contribution in [1.29, 1.82) is 0 Å². The number of carbonyl (C=O) groups excluding carboxylic acids is 2. The Bertz CT molecular complexity index is 1140. The van der Waals surface area contributed by atoms with Crippen LogP contribution in [0.2, 0.25) is 5.02 Å². The van der Waals surface area contributed by atoms with E-state index in [4.69, 9.17) is 16.0 Å². The SMILES string of the molecule is Cc1ccc(CNC(=O)C(=O)NC[C@H](c2ccco2)S(=O)(=O)c2ccc(Cl)cc2)cc1. The van der Waals surface area contributed by atoms with Crippen molar-refractivity contribution in [1.82, 2.24) is 10.6 Å². The minimum Gasteiger partial charge on any atom is -0.468 e. The van der Waals surface area contributed by atoms with Gasteiger partial charge in [0.15, 0.2) is 9.84 Å². The fourth-order valence-corrected chi connectivity index (χ4v) is 4.57. The standard InChI is InChI=1S/C22H21ClN2O5S/c1-15-4-6-16(7-5-15)13-24-21(26)22(27)25-14-20(19-3-2-12-30-19)31(28,29)18-10-8-17(23)9-11-18/h2-12,20H,13-14H2,1H3,(H,24,26)(H,25,27)/t20-/m1/s1. The fourth-order valence-electron chi connectivity index (χ4n) is 2.86. The summed E-state index contributed by atoms with van der Waals surface area (Å²) in [6.45, 7) is 1.79. The average molecular weight is 461 g/mol. The van der Waals surface area contributed by atoms with Gasteiger partial charge in [0.05, 0.1) is 11.2 Å². The third-order valence-corrected chi connectivity index (χ3v) is 6.93. The summed E-state index contributed by atoms with van der Waals surface area (Å²) < 4.78 is 31.5. The Labute approximate surface area is 185 Å².